The van der Waals surface area contributed by atoms with Crippen molar-refractivity contribution in [2.45, 2.75) is 26.1 Å². The van der Waals surface area contributed by atoms with Gasteiger partial charge in [-0.15, -0.1) is 0 Å². The second-order valence-electron chi connectivity index (χ2n) is 8.27. The third-order valence-electron chi connectivity index (χ3n) is 6.38. The Labute approximate surface area is 191 Å². The van der Waals surface area contributed by atoms with Crippen molar-refractivity contribution in [1.82, 2.24) is 14.7 Å². The molecule has 3 amide bonds. The zero-order valence-corrected chi connectivity index (χ0v) is 18.6. The molecule has 5 rings (SSSR count). The zero-order valence-electron chi connectivity index (χ0n) is 18.6. The first kappa shape index (κ1) is 20.9. The molecule has 0 bridgehead atoms. The van der Waals surface area contributed by atoms with Gasteiger partial charge in [-0.05, 0) is 31.5 Å². The molecule has 1 saturated heterocycles. The lowest BCUT2D eigenvalue weighted by molar-refractivity contribution is -0.136. The fourth-order valence-corrected chi connectivity index (χ4v) is 4.56. The number of para-hydroxylation sites is 1. The second-order valence-corrected chi connectivity index (χ2v) is 8.27. The minimum Gasteiger partial charge on any atom is -0.302 e. The molecule has 168 valence electrons. The molecule has 1 fully saturated rings. The van der Waals surface area contributed by atoms with E-state index in [0.717, 1.165) is 17.0 Å². The van der Waals surface area contributed by atoms with E-state index in [-0.39, 0.29) is 18.3 Å². The maximum atomic E-state index is 14.6. The molecule has 3 heterocycles. The Morgan fingerprint density at radius 1 is 1.00 bits per heavy atom. The molecule has 0 saturated carbocycles. The quantitative estimate of drug-likeness (QED) is 0.717. The van der Waals surface area contributed by atoms with Crippen molar-refractivity contribution in [3.8, 4) is 0 Å². The number of likely N-dealkylation sites (N-methyl/N-ethyl adjacent to an activating group) is 1. The second kappa shape index (κ2) is 7.88. The zero-order chi connectivity index (χ0) is 23.3. The van der Waals surface area contributed by atoms with Crippen LogP contribution in [-0.2, 0) is 4.79 Å². The van der Waals surface area contributed by atoms with Crippen molar-refractivity contribution in [3.05, 3.63) is 83.4 Å². The molecule has 33 heavy (non-hydrogen) atoms. The van der Waals surface area contributed by atoms with E-state index in [1.807, 2.05) is 55.2 Å². The Morgan fingerprint density at radius 2 is 1.70 bits per heavy atom. The third-order valence-corrected chi connectivity index (χ3v) is 6.38. The van der Waals surface area contributed by atoms with Crippen LogP contribution >= 0.6 is 0 Å². The predicted molar refractivity (Wildman–Crippen MR) is 124 cm³/mol. The first-order chi connectivity index (χ1) is 15.9. The molecule has 0 radical (unpaired) electrons. The number of rotatable bonds is 4. The van der Waals surface area contributed by atoms with E-state index in [1.54, 1.807) is 36.2 Å². The first-order valence-electron chi connectivity index (χ1n) is 10.8. The number of halogens is 1. The lowest BCUT2D eigenvalue weighted by Gasteiger charge is -2.40. The topological polar surface area (TPSA) is 59.5 Å². The SMILES string of the molecule is CC1=C(C)N2C(=NC3C2C(=O)N(C/C=C/c2ccccc2)C(=O)N3C)N1c1ccccc1F. The van der Waals surface area contributed by atoms with Crippen molar-refractivity contribution in [3.63, 3.8) is 0 Å². The number of imide groups is 1. The molecule has 0 N–H and O–H groups in total. The number of hydrogen-bond acceptors (Lipinski definition) is 5. The van der Waals surface area contributed by atoms with Crippen molar-refractivity contribution in [1.29, 1.82) is 0 Å². The summed E-state index contributed by atoms with van der Waals surface area (Å²) in [4.78, 5) is 37.5. The van der Waals surface area contributed by atoms with Crippen LogP contribution in [0.2, 0.25) is 0 Å². The van der Waals surface area contributed by atoms with Crippen LogP contribution in [0.15, 0.2) is 77.1 Å². The Balaban J connectivity index is 1.46. The number of fused-ring (bicyclic) bond motifs is 3. The molecular formula is C25H24FN5O2. The van der Waals surface area contributed by atoms with E-state index in [1.165, 1.54) is 15.9 Å². The molecule has 7 nitrogen and oxygen atoms in total. The van der Waals surface area contributed by atoms with Gasteiger partial charge in [0.15, 0.2) is 12.2 Å². The van der Waals surface area contributed by atoms with Crippen LogP contribution in [0.3, 0.4) is 0 Å². The summed E-state index contributed by atoms with van der Waals surface area (Å²) < 4.78 is 14.6. The van der Waals surface area contributed by atoms with Gasteiger partial charge in [-0.2, -0.15) is 0 Å². The molecule has 3 aliphatic rings. The number of aliphatic imine (C=N–C) groups is 1. The number of allylic oxidation sites excluding steroid dienone is 2. The monoisotopic (exact) mass is 445 g/mol. The largest absolute Gasteiger partial charge is 0.328 e. The fourth-order valence-electron chi connectivity index (χ4n) is 4.56. The van der Waals surface area contributed by atoms with E-state index in [0.29, 0.717) is 11.6 Å². The Kier molecular flexibility index (Phi) is 5.00. The van der Waals surface area contributed by atoms with Crippen LogP contribution in [0.5, 0.6) is 0 Å². The molecule has 8 heteroatoms. The normalized spacial score (nSPS) is 22.5. The predicted octanol–water partition coefficient (Wildman–Crippen LogP) is 3.87. The highest BCUT2D eigenvalue weighted by Gasteiger charge is 2.55. The van der Waals surface area contributed by atoms with Gasteiger partial charge in [0.25, 0.3) is 5.91 Å². The average Bonchev–Trinajstić information content (AvgIpc) is 3.31. The number of amides is 3. The smallest absolute Gasteiger partial charge is 0.302 e. The molecule has 0 spiro atoms. The summed E-state index contributed by atoms with van der Waals surface area (Å²) in [5.41, 5.74) is 2.94. The van der Waals surface area contributed by atoms with E-state index in [4.69, 9.17) is 4.99 Å². The van der Waals surface area contributed by atoms with Gasteiger partial charge in [-0.3, -0.25) is 19.5 Å². The molecule has 2 aromatic rings. The number of carbonyl (C=O) groups excluding carboxylic acids is 2. The van der Waals surface area contributed by atoms with Crippen LogP contribution < -0.4 is 4.90 Å². The molecule has 2 unspecified atom stereocenters. The van der Waals surface area contributed by atoms with Gasteiger partial charge in [0.2, 0.25) is 5.96 Å². The standard InChI is InChI=1S/C25H24FN5O2/c1-16-17(2)31-21-22(27-24(31)30(16)20-14-8-7-13-19(20)26)28(3)25(33)29(23(21)32)15-9-12-18-10-5-4-6-11-18/h4-14,21-22H,15H2,1-3H3/b12-9+. The maximum Gasteiger partial charge on any atom is 0.328 e. The number of guanidine groups is 1. The highest BCUT2D eigenvalue weighted by Crippen LogP contribution is 2.40. The van der Waals surface area contributed by atoms with E-state index >= 15 is 0 Å². The van der Waals surface area contributed by atoms with Crippen molar-refractivity contribution >= 4 is 29.7 Å². The summed E-state index contributed by atoms with van der Waals surface area (Å²) in [6.45, 7) is 3.92. The summed E-state index contributed by atoms with van der Waals surface area (Å²) in [7, 11) is 1.64. The van der Waals surface area contributed by atoms with Gasteiger partial charge < -0.3 is 4.90 Å². The van der Waals surface area contributed by atoms with E-state index in [2.05, 4.69) is 0 Å². The Bertz CT molecular complexity index is 1220. The highest BCUT2D eigenvalue weighted by atomic mass is 19.1. The third kappa shape index (κ3) is 3.21. The van der Waals surface area contributed by atoms with Crippen LogP contribution in [0.1, 0.15) is 19.4 Å². The Morgan fingerprint density at radius 3 is 2.42 bits per heavy atom. The van der Waals surface area contributed by atoms with Crippen LogP contribution in [0.25, 0.3) is 6.08 Å². The molecule has 2 atom stereocenters. The summed E-state index contributed by atoms with van der Waals surface area (Å²) in [5, 5.41) is 0. The number of carbonyl (C=O) groups is 2. The number of nitrogens with zero attached hydrogens (tertiary/aromatic N) is 5. The minimum atomic E-state index is -0.695. The summed E-state index contributed by atoms with van der Waals surface area (Å²) in [5.74, 6) is -0.241. The maximum absolute atomic E-state index is 14.6. The highest BCUT2D eigenvalue weighted by molar-refractivity contribution is 6.10. The minimum absolute atomic E-state index is 0.155. The van der Waals surface area contributed by atoms with Crippen molar-refractivity contribution in [2.24, 2.45) is 4.99 Å². The number of hydrogen-bond donors (Lipinski definition) is 0. The lowest BCUT2D eigenvalue weighted by Crippen LogP contribution is -2.64. The van der Waals surface area contributed by atoms with Gasteiger partial charge in [-0.1, -0.05) is 54.6 Å². The van der Waals surface area contributed by atoms with Crippen LogP contribution in [-0.4, -0.2) is 58.4 Å². The summed E-state index contributed by atoms with van der Waals surface area (Å²) in [6.07, 6.45) is 3.01. The molecule has 3 aliphatic heterocycles. The lowest BCUT2D eigenvalue weighted by atomic mass is 10.1. The van der Waals surface area contributed by atoms with Gasteiger partial charge in [-0.25, -0.2) is 14.2 Å². The summed E-state index contributed by atoms with van der Waals surface area (Å²) >= 11 is 0. The molecule has 2 aromatic carbocycles. The fraction of sp³-hybridized carbons (Fsp3) is 0.240. The van der Waals surface area contributed by atoms with Gasteiger partial charge >= 0.3 is 6.03 Å². The molecule has 0 aromatic heterocycles. The van der Waals surface area contributed by atoms with E-state index < -0.39 is 18.2 Å². The molecular weight excluding hydrogens is 421 g/mol. The first-order valence-corrected chi connectivity index (χ1v) is 10.8. The van der Waals surface area contributed by atoms with Gasteiger partial charge in [0, 0.05) is 25.0 Å². The van der Waals surface area contributed by atoms with Crippen LogP contribution in [0.4, 0.5) is 14.9 Å². The van der Waals surface area contributed by atoms with Gasteiger partial charge in [0.05, 0.1) is 5.69 Å². The molecule has 0 aliphatic carbocycles. The average molecular weight is 445 g/mol. The van der Waals surface area contributed by atoms with Crippen LogP contribution in [0, 0.1) is 5.82 Å². The van der Waals surface area contributed by atoms with Gasteiger partial charge in [0.1, 0.15) is 5.82 Å². The number of benzene rings is 2. The Hall–Kier alpha value is -3.94. The van der Waals surface area contributed by atoms with E-state index in [9.17, 15) is 14.0 Å². The van der Waals surface area contributed by atoms with Crippen molar-refractivity contribution in [2.75, 3.05) is 18.5 Å². The van der Waals surface area contributed by atoms with Crippen molar-refractivity contribution < 1.29 is 14.0 Å². The number of urea groups is 1. The number of anilines is 1. The summed E-state index contributed by atoms with van der Waals surface area (Å²) in [6, 6.07) is 15.1.